The van der Waals surface area contributed by atoms with Gasteiger partial charge in [0.25, 0.3) is 6.47 Å². The smallest absolute Gasteiger partial charge is 0.290 e. The maximum absolute atomic E-state index is 8.36. The van der Waals surface area contributed by atoms with Crippen LogP contribution in [0.5, 0.6) is 0 Å². The molecule has 3 heteroatoms. The van der Waals surface area contributed by atoms with Crippen molar-refractivity contribution in [3.05, 3.63) is 0 Å². The van der Waals surface area contributed by atoms with Crippen molar-refractivity contribution in [3.8, 4) is 0 Å². The van der Waals surface area contributed by atoms with Gasteiger partial charge in [-0.15, -0.1) is 0 Å². The number of carbonyl (C=O) groups is 1. The van der Waals surface area contributed by atoms with Gasteiger partial charge < -0.3 is 10.4 Å². The van der Waals surface area contributed by atoms with E-state index in [2.05, 4.69) is 5.32 Å². The standard InChI is InChI=1S/C5H9N.CH2O2/c1-4-2-6-3-5(1)4;2-1-3/h4-6H,1-3H2;1H,(H,2,3)/t4-,5+;. The summed E-state index contributed by atoms with van der Waals surface area (Å²) < 4.78 is 0. The molecule has 3 nitrogen and oxygen atoms in total. The van der Waals surface area contributed by atoms with Crippen molar-refractivity contribution >= 4 is 6.47 Å². The molecule has 0 unspecified atom stereocenters. The van der Waals surface area contributed by atoms with Crippen molar-refractivity contribution in [2.45, 2.75) is 6.42 Å². The van der Waals surface area contributed by atoms with E-state index < -0.39 is 0 Å². The Morgan fingerprint density at radius 3 is 2.00 bits per heavy atom. The van der Waals surface area contributed by atoms with E-state index >= 15 is 0 Å². The minimum atomic E-state index is -0.250. The summed E-state index contributed by atoms with van der Waals surface area (Å²) >= 11 is 0. The largest absolute Gasteiger partial charge is 0.483 e. The number of carboxylic acid groups (broad SMARTS) is 1. The van der Waals surface area contributed by atoms with Gasteiger partial charge in [-0.2, -0.15) is 0 Å². The first-order valence-electron chi connectivity index (χ1n) is 3.17. The molecule has 0 radical (unpaired) electrons. The summed E-state index contributed by atoms with van der Waals surface area (Å²) in [7, 11) is 0. The van der Waals surface area contributed by atoms with Gasteiger partial charge >= 0.3 is 0 Å². The van der Waals surface area contributed by atoms with Gasteiger partial charge in [-0.25, -0.2) is 0 Å². The molecule has 0 aromatic heterocycles. The van der Waals surface area contributed by atoms with E-state index in [0.717, 1.165) is 11.8 Å². The van der Waals surface area contributed by atoms with Crippen LogP contribution in [0.2, 0.25) is 0 Å². The Morgan fingerprint density at radius 2 is 1.89 bits per heavy atom. The van der Waals surface area contributed by atoms with Crippen molar-refractivity contribution in [1.29, 1.82) is 0 Å². The second-order valence-corrected chi connectivity index (χ2v) is 2.52. The number of fused-ring (bicyclic) bond motifs is 1. The van der Waals surface area contributed by atoms with Crippen LogP contribution in [0.3, 0.4) is 0 Å². The highest BCUT2D eigenvalue weighted by molar-refractivity contribution is 5.32. The molecule has 1 saturated carbocycles. The molecule has 1 aliphatic heterocycles. The summed E-state index contributed by atoms with van der Waals surface area (Å²) in [6, 6.07) is 0. The molecule has 0 amide bonds. The molecule has 9 heavy (non-hydrogen) atoms. The highest BCUT2D eigenvalue weighted by Crippen LogP contribution is 2.40. The highest BCUT2D eigenvalue weighted by Gasteiger charge is 2.40. The molecular formula is C6H11NO2. The van der Waals surface area contributed by atoms with Gasteiger partial charge in [-0.3, -0.25) is 4.79 Å². The van der Waals surface area contributed by atoms with Crippen molar-refractivity contribution in [1.82, 2.24) is 5.32 Å². The Hall–Kier alpha value is -0.570. The molecule has 2 N–H and O–H groups in total. The van der Waals surface area contributed by atoms with Crippen LogP contribution >= 0.6 is 0 Å². The molecule has 1 saturated heterocycles. The van der Waals surface area contributed by atoms with Gasteiger partial charge in [0.2, 0.25) is 0 Å². The fraction of sp³-hybridized carbons (Fsp3) is 0.833. The van der Waals surface area contributed by atoms with Crippen molar-refractivity contribution < 1.29 is 9.90 Å². The van der Waals surface area contributed by atoms with Crippen molar-refractivity contribution in [3.63, 3.8) is 0 Å². The third kappa shape index (κ3) is 1.68. The van der Waals surface area contributed by atoms with E-state index in [1.54, 1.807) is 0 Å². The number of hydrogen-bond donors (Lipinski definition) is 2. The lowest BCUT2D eigenvalue weighted by molar-refractivity contribution is -0.122. The topological polar surface area (TPSA) is 49.3 Å². The van der Waals surface area contributed by atoms with Crippen LogP contribution in [0.15, 0.2) is 0 Å². The average Bonchev–Trinajstić information content (AvgIpc) is 2.43. The zero-order chi connectivity index (χ0) is 6.69. The molecule has 0 spiro atoms. The number of rotatable bonds is 0. The van der Waals surface area contributed by atoms with Gasteiger partial charge in [-0.1, -0.05) is 0 Å². The lowest BCUT2D eigenvalue weighted by Crippen LogP contribution is -2.10. The van der Waals surface area contributed by atoms with Crippen LogP contribution in [0.4, 0.5) is 0 Å². The summed E-state index contributed by atoms with van der Waals surface area (Å²) in [4.78, 5) is 8.36. The predicted molar refractivity (Wildman–Crippen MR) is 33.2 cm³/mol. The molecule has 2 aliphatic rings. The first-order chi connectivity index (χ1) is 4.38. The first-order valence-corrected chi connectivity index (χ1v) is 3.17. The molecule has 0 aromatic carbocycles. The Morgan fingerprint density at radius 1 is 1.44 bits per heavy atom. The van der Waals surface area contributed by atoms with Crippen LogP contribution < -0.4 is 5.32 Å². The molecular weight excluding hydrogens is 118 g/mol. The highest BCUT2D eigenvalue weighted by atomic mass is 16.3. The van der Waals surface area contributed by atoms with Crippen molar-refractivity contribution in [2.75, 3.05) is 13.1 Å². The number of nitrogens with one attached hydrogen (secondary N) is 1. The van der Waals surface area contributed by atoms with Crippen molar-refractivity contribution in [2.24, 2.45) is 11.8 Å². The summed E-state index contributed by atoms with van der Waals surface area (Å²) in [5.41, 5.74) is 0. The van der Waals surface area contributed by atoms with E-state index in [1.165, 1.54) is 19.5 Å². The van der Waals surface area contributed by atoms with Crippen LogP contribution in [0.25, 0.3) is 0 Å². The van der Waals surface area contributed by atoms with Crippen LogP contribution in [-0.2, 0) is 4.79 Å². The zero-order valence-corrected chi connectivity index (χ0v) is 5.21. The second kappa shape index (κ2) is 2.82. The van der Waals surface area contributed by atoms with Gasteiger partial charge in [0, 0.05) is 0 Å². The lowest BCUT2D eigenvalue weighted by Gasteiger charge is -1.87. The molecule has 0 bridgehead atoms. The fourth-order valence-corrected chi connectivity index (χ4v) is 1.26. The fourth-order valence-electron chi connectivity index (χ4n) is 1.26. The Bertz CT molecular complexity index is 97.2. The molecule has 2 atom stereocenters. The molecule has 1 aliphatic carbocycles. The summed E-state index contributed by atoms with van der Waals surface area (Å²) in [5, 5.41) is 10.2. The lowest BCUT2D eigenvalue weighted by atomic mass is 10.4. The minimum Gasteiger partial charge on any atom is -0.483 e. The van der Waals surface area contributed by atoms with Crippen LogP contribution in [0.1, 0.15) is 6.42 Å². The normalized spacial score (nSPS) is 36.0. The van der Waals surface area contributed by atoms with E-state index in [9.17, 15) is 0 Å². The average molecular weight is 129 g/mol. The summed E-state index contributed by atoms with van der Waals surface area (Å²) in [6.07, 6.45) is 1.52. The Kier molecular flexibility index (Phi) is 2.05. The Labute approximate surface area is 54.1 Å². The number of piperidine rings is 1. The van der Waals surface area contributed by atoms with Crippen LogP contribution in [-0.4, -0.2) is 24.7 Å². The zero-order valence-electron chi connectivity index (χ0n) is 5.21. The molecule has 1 heterocycles. The van der Waals surface area contributed by atoms with Gasteiger partial charge in [-0.05, 0) is 31.3 Å². The number of hydrogen-bond acceptors (Lipinski definition) is 2. The molecule has 2 fully saturated rings. The molecule has 52 valence electrons. The Balaban J connectivity index is 0.000000120. The van der Waals surface area contributed by atoms with E-state index in [-0.39, 0.29) is 6.47 Å². The second-order valence-electron chi connectivity index (χ2n) is 2.52. The van der Waals surface area contributed by atoms with Gasteiger partial charge in [0.05, 0.1) is 0 Å². The SMILES string of the molecule is C1NC[C@H]2C[C@@H]12.O=CO. The maximum Gasteiger partial charge on any atom is 0.290 e. The minimum absolute atomic E-state index is 0.250. The van der Waals surface area contributed by atoms with Gasteiger partial charge in [0.1, 0.15) is 0 Å². The summed E-state index contributed by atoms with van der Waals surface area (Å²) in [6.45, 7) is 2.37. The third-order valence-electron chi connectivity index (χ3n) is 1.88. The quantitative estimate of drug-likeness (QED) is 0.450. The third-order valence-corrected chi connectivity index (χ3v) is 1.88. The van der Waals surface area contributed by atoms with Crippen LogP contribution in [0, 0.1) is 11.8 Å². The van der Waals surface area contributed by atoms with Gasteiger partial charge in [0.15, 0.2) is 0 Å². The summed E-state index contributed by atoms with van der Waals surface area (Å²) in [5.74, 6) is 2.20. The predicted octanol–water partition coefficient (Wildman–Crippen LogP) is -0.0735. The molecule has 0 aromatic rings. The molecule has 2 rings (SSSR count). The van der Waals surface area contributed by atoms with E-state index in [0.29, 0.717) is 0 Å². The van der Waals surface area contributed by atoms with E-state index in [4.69, 9.17) is 9.90 Å². The monoisotopic (exact) mass is 129 g/mol. The first kappa shape index (κ1) is 6.55. The van der Waals surface area contributed by atoms with E-state index in [1.807, 2.05) is 0 Å². The maximum atomic E-state index is 8.36.